The summed E-state index contributed by atoms with van der Waals surface area (Å²) in [6.07, 6.45) is 2.77. The number of hydrogen-bond donors (Lipinski definition) is 0. The van der Waals surface area contributed by atoms with Gasteiger partial charge in [-0.05, 0) is 24.7 Å². The number of carbonyl (C=O) groups is 2. The first-order chi connectivity index (χ1) is 8.63. The van der Waals surface area contributed by atoms with Gasteiger partial charge < -0.3 is 9.47 Å². The largest absolute Gasteiger partial charge is 0.466 e. The summed E-state index contributed by atoms with van der Waals surface area (Å²) in [5.41, 5.74) is 0. The molecule has 0 aliphatic heterocycles. The van der Waals surface area contributed by atoms with Crippen LogP contribution >= 0.6 is 0 Å². The van der Waals surface area contributed by atoms with Crippen molar-refractivity contribution in [3.05, 3.63) is 0 Å². The van der Waals surface area contributed by atoms with Crippen molar-refractivity contribution in [2.45, 2.75) is 39.5 Å². The Morgan fingerprint density at radius 3 is 1.56 bits per heavy atom. The normalized spacial score (nSPS) is 8.33. The Kier molecular flexibility index (Phi) is 10.3. The Balaban J connectivity index is 3.42. The maximum Gasteiger partial charge on any atom is 0.302 e. The van der Waals surface area contributed by atoms with E-state index in [0.717, 1.165) is 12.8 Å². The lowest BCUT2D eigenvalue weighted by Gasteiger charge is -1.96. The van der Waals surface area contributed by atoms with E-state index in [2.05, 4.69) is 23.7 Å². The van der Waals surface area contributed by atoms with E-state index in [1.54, 1.807) is 0 Å². The fraction of sp³-hybridized carbons (Fsp3) is 0.571. The van der Waals surface area contributed by atoms with Crippen LogP contribution in [0.15, 0.2) is 0 Å². The third kappa shape index (κ3) is 14.1. The van der Waals surface area contributed by atoms with E-state index in [9.17, 15) is 9.59 Å². The first-order valence-electron chi connectivity index (χ1n) is 5.85. The molecular weight excluding hydrogens is 232 g/mol. The molecule has 0 aliphatic carbocycles. The van der Waals surface area contributed by atoms with Crippen LogP contribution < -0.4 is 0 Å². The highest BCUT2D eigenvalue weighted by Crippen LogP contribution is 1.89. The smallest absolute Gasteiger partial charge is 0.302 e. The molecule has 0 atom stereocenters. The van der Waals surface area contributed by atoms with E-state index in [-0.39, 0.29) is 11.9 Å². The van der Waals surface area contributed by atoms with E-state index in [4.69, 9.17) is 9.47 Å². The molecule has 0 saturated heterocycles. The Labute approximate surface area is 108 Å². The van der Waals surface area contributed by atoms with Crippen molar-refractivity contribution >= 4 is 11.9 Å². The van der Waals surface area contributed by atoms with E-state index in [0.29, 0.717) is 26.1 Å². The minimum atomic E-state index is -0.268. The summed E-state index contributed by atoms with van der Waals surface area (Å²) in [4.78, 5) is 20.9. The molecule has 0 radical (unpaired) electrons. The number of hydrogen-bond acceptors (Lipinski definition) is 4. The van der Waals surface area contributed by atoms with Crippen LogP contribution in [0.3, 0.4) is 0 Å². The molecule has 0 bridgehead atoms. The van der Waals surface area contributed by atoms with Crippen molar-refractivity contribution in [1.82, 2.24) is 0 Å². The summed E-state index contributed by atoms with van der Waals surface area (Å²) >= 11 is 0. The van der Waals surface area contributed by atoms with Crippen molar-refractivity contribution < 1.29 is 19.1 Å². The second kappa shape index (κ2) is 11.5. The average Bonchev–Trinajstić information content (AvgIpc) is 2.29. The number of carbonyl (C=O) groups excluding carboxylic acids is 2. The fourth-order valence-electron chi connectivity index (χ4n) is 0.966. The zero-order chi connectivity index (χ0) is 13.6. The van der Waals surface area contributed by atoms with Gasteiger partial charge in [-0.2, -0.15) is 0 Å². The van der Waals surface area contributed by atoms with Gasteiger partial charge in [0.2, 0.25) is 0 Å². The molecule has 0 rings (SSSR count). The number of esters is 2. The van der Waals surface area contributed by atoms with Crippen molar-refractivity contribution in [1.29, 1.82) is 0 Å². The molecule has 0 heterocycles. The van der Waals surface area contributed by atoms with Gasteiger partial charge in [0.15, 0.2) is 0 Å². The molecular formula is C14H18O4. The lowest BCUT2D eigenvalue weighted by atomic mass is 10.3. The van der Waals surface area contributed by atoms with Gasteiger partial charge in [0.25, 0.3) is 0 Å². The average molecular weight is 250 g/mol. The summed E-state index contributed by atoms with van der Waals surface area (Å²) in [5.74, 6) is 10.6. The minimum absolute atomic E-state index is 0.268. The summed E-state index contributed by atoms with van der Waals surface area (Å²) in [6.45, 7) is 3.57. The van der Waals surface area contributed by atoms with Gasteiger partial charge in [0.1, 0.15) is 0 Å². The highest BCUT2D eigenvalue weighted by atomic mass is 16.5. The third-order valence-electron chi connectivity index (χ3n) is 1.74. The van der Waals surface area contributed by atoms with Crippen molar-refractivity contribution in [2.75, 3.05) is 13.2 Å². The lowest BCUT2D eigenvalue weighted by molar-refractivity contribution is -0.141. The highest BCUT2D eigenvalue weighted by molar-refractivity contribution is 5.66. The second-order valence-corrected chi connectivity index (χ2v) is 3.49. The molecule has 0 N–H and O–H groups in total. The fourth-order valence-corrected chi connectivity index (χ4v) is 0.966. The number of unbranched alkanes of at least 4 members (excludes halogenated alkanes) is 2. The van der Waals surface area contributed by atoms with Crippen LogP contribution in [0.4, 0.5) is 0 Å². The van der Waals surface area contributed by atoms with Crippen molar-refractivity contribution in [3.8, 4) is 23.7 Å². The molecule has 0 aromatic heterocycles. The first kappa shape index (κ1) is 16.1. The standard InChI is InChI=1S/C14H18O4/c1-13(15)17-11-9-7-5-3-4-6-8-10-12-18-14(2)16/h7-12H2,1-2H3. The van der Waals surface area contributed by atoms with E-state index >= 15 is 0 Å². The molecule has 0 aromatic carbocycles. The molecule has 0 saturated carbocycles. The van der Waals surface area contributed by atoms with Gasteiger partial charge in [0.05, 0.1) is 13.2 Å². The molecule has 0 aromatic rings. The molecule has 4 heteroatoms. The Morgan fingerprint density at radius 1 is 0.833 bits per heavy atom. The Hall–Kier alpha value is -1.94. The van der Waals surface area contributed by atoms with Gasteiger partial charge in [-0.15, -0.1) is 0 Å². The zero-order valence-electron chi connectivity index (χ0n) is 10.9. The molecule has 0 amide bonds. The predicted molar refractivity (Wildman–Crippen MR) is 67.3 cm³/mol. The molecule has 4 nitrogen and oxygen atoms in total. The summed E-state index contributed by atoms with van der Waals surface area (Å²) in [6, 6.07) is 0. The van der Waals surface area contributed by atoms with Crippen LogP contribution in [0.1, 0.15) is 39.5 Å². The van der Waals surface area contributed by atoms with Crippen molar-refractivity contribution in [2.24, 2.45) is 0 Å². The molecule has 0 fully saturated rings. The number of ether oxygens (including phenoxy) is 2. The summed E-state index contributed by atoms with van der Waals surface area (Å²) < 4.78 is 9.50. The third-order valence-corrected chi connectivity index (χ3v) is 1.74. The van der Waals surface area contributed by atoms with E-state index < -0.39 is 0 Å². The number of rotatable bonds is 6. The van der Waals surface area contributed by atoms with Crippen LogP contribution in [0, 0.1) is 23.7 Å². The van der Waals surface area contributed by atoms with E-state index in [1.807, 2.05) is 0 Å². The monoisotopic (exact) mass is 250 g/mol. The lowest BCUT2D eigenvalue weighted by Crippen LogP contribution is -1.99. The molecule has 0 spiro atoms. The Bertz CT molecular complexity index is 338. The SMILES string of the molecule is CC(=O)OCCCC#CC#CCCCOC(C)=O. The van der Waals surface area contributed by atoms with Crippen LogP contribution in [-0.2, 0) is 19.1 Å². The van der Waals surface area contributed by atoms with Gasteiger partial charge >= 0.3 is 11.9 Å². The quantitative estimate of drug-likeness (QED) is 0.409. The Morgan fingerprint density at radius 2 is 1.22 bits per heavy atom. The van der Waals surface area contributed by atoms with Gasteiger partial charge in [-0.3, -0.25) is 9.59 Å². The van der Waals surface area contributed by atoms with E-state index in [1.165, 1.54) is 13.8 Å². The topological polar surface area (TPSA) is 52.6 Å². The zero-order valence-corrected chi connectivity index (χ0v) is 10.9. The molecule has 0 unspecified atom stereocenters. The summed E-state index contributed by atoms with van der Waals surface area (Å²) in [5, 5.41) is 0. The maximum atomic E-state index is 10.4. The molecule has 98 valence electrons. The first-order valence-corrected chi connectivity index (χ1v) is 5.85. The predicted octanol–water partition coefficient (Wildman–Crippen LogP) is 1.68. The second-order valence-electron chi connectivity index (χ2n) is 3.49. The highest BCUT2D eigenvalue weighted by Gasteiger charge is 1.90. The maximum absolute atomic E-state index is 10.4. The van der Waals surface area contributed by atoms with Gasteiger partial charge in [-0.25, -0.2) is 0 Å². The van der Waals surface area contributed by atoms with Gasteiger partial charge in [0, 0.05) is 26.7 Å². The molecule has 18 heavy (non-hydrogen) atoms. The summed E-state index contributed by atoms with van der Waals surface area (Å²) in [7, 11) is 0. The minimum Gasteiger partial charge on any atom is -0.466 e. The van der Waals surface area contributed by atoms with Crippen molar-refractivity contribution in [3.63, 3.8) is 0 Å². The van der Waals surface area contributed by atoms with Crippen LogP contribution in [-0.4, -0.2) is 25.2 Å². The molecule has 0 aliphatic rings. The van der Waals surface area contributed by atoms with Crippen LogP contribution in [0.5, 0.6) is 0 Å². The van der Waals surface area contributed by atoms with Crippen LogP contribution in [0.25, 0.3) is 0 Å². The van der Waals surface area contributed by atoms with Crippen LogP contribution in [0.2, 0.25) is 0 Å². The van der Waals surface area contributed by atoms with Gasteiger partial charge in [-0.1, -0.05) is 11.8 Å².